The molecule has 0 aromatic heterocycles. The third-order valence-electron chi connectivity index (χ3n) is 4.30. The molecule has 1 N–H and O–H groups in total. The van der Waals surface area contributed by atoms with Gasteiger partial charge in [-0.15, -0.1) is 0 Å². The highest BCUT2D eigenvalue weighted by Crippen LogP contribution is 2.26. The van der Waals surface area contributed by atoms with Gasteiger partial charge in [0.05, 0.1) is 6.54 Å². The molecule has 1 aromatic rings. The van der Waals surface area contributed by atoms with Gasteiger partial charge in [0, 0.05) is 12.6 Å². The normalized spacial score (nSPS) is 21.1. The lowest BCUT2D eigenvalue weighted by atomic mass is 9.99. The van der Waals surface area contributed by atoms with E-state index in [2.05, 4.69) is 61.3 Å². The Hall–Kier alpha value is -1.35. The molecular formula is C17H26N2O. The van der Waals surface area contributed by atoms with Gasteiger partial charge in [0.2, 0.25) is 5.91 Å². The zero-order chi connectivity index (χ0) is 14.5. The van der Waals surface area contributed by atoms with Crippen LogP contribution in [0.15, 0.2) is 30.3 Å². The number of hydrogen-bond acceptors (Lipinski definition) is 2. The first-order valence-corrected chi connectivity index (χ1v) is 7.63. The number of rotatable bonds is 5. The Balaban J connectivity index is 1.80. The Morgan fingerprint density at radius 1 is 1.30 bits per heavy atom. The molecule has 0 radical (unpaired) electrons. The van der Waals surface area contributed by atoms with Crippen LogP contribution in [0.25, 0.3) is 0 Å². The van der Waals surface area contributed by atoms with Crippen LogP contribution in [0.2, 0.25) is 0 Å². The van der Waals surface area contributed by atoms with Crippen molar-refractivity contribution in [2.45, 2.75) is 39.2 Å². The van der Waals surface area contributed by atoms with Crippen molar-refractivity contribution in [2.24, 2.45) is 5.92 Å². The summed E-state index contributed by atoms with van der Waals surface area (Å²) in [7, 11) is 0. The van der Waals surface area contributed by atoms with Crippen LogP contribution in [0.5, 0.6) is 0 Å². The Kier molecular flexibility index (Phi) is 5.18. The zero-order valence-electron chi connectivity index (χ0n) is 12.8. The molecule has 1 fully saturated rings. The maximum Gasteiger partial charge on any atom is 0.234 e. The minimum atomic E-state index is 0.153. The molecule has 1 saturated heterocycles. The van der Waals surface area contributed by atoms with Gasteiger partial charge >= 0.3 is 0 Å². The van der Waals surface area contributed by atoms with E-state index >= 15 is 0 Å². The van der Waals surface area contributed by atoms with Crippen LogP contribution in [0, 0.1) is 5.92 Å². The summed E-state index contributed by atoms with van der Waals surface area (Å²) < 4.78 is 0. The molecular weight excluding hydrogens is 248 g/mol. The first-order valence-electron chi connectivity index (χ1n) is 7.63. The van der Waals surface area contributed by atoms with Crippen molar-refractivity contribution in [3.63, 3.8) is 0 Å². The van der Waals surface area contributed by atoms with Gasteiger partial charge in [-0.05, 0) is 37.3 Å². The summed E-state index contributed by atoms with van der Waals surface area (Å²) in [6.07, 6.45) is 1.15. The van der Waals surface area contributed by atoms with Gasteiger partial charge in [-0.3, -0.25) is 9.69 Å². The molecule has 1 aliphatic rings. The van der Waals surface area contributed by atoms with Gasteiger partial charge in [0.1, 0.15) is 0 Å². The van der Waals surface area contributed by atoms with E-state index < -0.39 is 0 Å². The van der Waals surface area contributed by atoms with Crippen LogP contribution in [-0.2, 0) is 4.79 Å². The van der Waals surface area contributed by atoms with Crippen LogP contribution in [0.4, 0.5) is 0 Å². The van der Waals surface area contributed by atoms with Crippen molar-refractivity contribution < 1.29 is 4.79 Å². The van der Waals surface area contributed by atoms with Gasteiger partial charge in [-0.2, -0.15) is 0 Å². The van der Waals surface area contributed by atoms with Gasteiger partial charge < -0.3 is 5.32 Å². The van der Waals surface area contributed by atoms with Crippen molar-refractivity contribution in [3.8, 4) is 0 Å². The molecule has 3 nitrogen and oxygen atoms in total. The summed E-state index contributed by atoms with van der Waals surface area (Å²) in [5.41, 5.74) is 1.39. The van der Waals surface area contributed by atoms with E-state index in [1.165, 1.54) is 5.56 Å². The summed E-state index contributed by atoms with van der Waals surface area (Å²) in [6.45, 7) is 8.87. The van der Waals surface area contributed by atoms with Crippen molar-refractivity contribution in [3.05, 3.63) is 35.9 Å². The largest absolute Gasteiger partial charge is 0.352 e. The molecule has 0 aliphatic carbocycles. The monoisotopic (exact) mass is 274 g/mol. The lowest BCUT2D eigenvalue weighted by Gasteiger charge is -2.20. The SMILES string of the molecule is CC(C)[C@H](C)NC(=O)CN1CC[C@H](c2ccccc2)C1. The molecule has 2 rings (SSSR count). The molecule has 3 heteroatoms. The van der Waals surface area contributed by atoms with Gasteiger partial charge in [-0.25, -0.2) is 0 Å². The quantitative estimate of drug-likeness (QED) is 0.895. The second-order valence-electron chi connectivity index (χ2n) is 6.23. The molecule has 0 saturated carbocycles. The van der Waals surface area contributed by atoms with E-state index in [4.69, 9.17) is 0 Å². The van der Waals surface area contributed by atoms with Gasteiger partial charge in [-0.1, -0.05) is 44.2 Å². The van der Waals surface area contributed by atoms with E-state index in [0.29, 0.717) is 18.4 Å². The topological polar surface area (TPSA) is 32.3 Å². The number of nitrogens with one attached hydrogen (secondary N) is 1. The van der Waals surface area contributed by atoms with Crippen molar-refractivity contribution >= 4 is 5.91 Å². The average molecular weight is 274 g/mol. The summed E-state index contributed by atoms with van der Waals surface area (Å²) in [6, 6.07) is 10.9. The second kappa shape index (κ2) is 6.89. The maximum atomic E-state index is 12.0. The fourth-order valence-corrected chi connectivity index (χ4v) is 2.64. The number of likely N-dealkylation sites (tertiary alicyclic amines) is 1. The number of carbonyl (C=O) groups is 1. The lowest BCUT2D eigenvalue weighted by molar-refractivity contribution is -0.122. The van der Waals surface area contributed by atoms with E-state index in [1.807, 2.05) is 0 Å². The average Bonchev–Trinajstić information content (AvgIpc) is 2.88. The highest BCUT2D eigenvalue weighted by molar-refractivity contribution is 5.78. The Labute approximate surface area is 122 Å². The van der Waals surface area contributed by atoms with Gasteiger partial charge in [0.15, 0.2) is 0 Å². The summed E-state index contributed by atoms with van der Waals surface area (Å²) in [5, 5.41) is 3.08. The summed E-state index contributed by atoms with van der Waals surface area (Å²) in [5.74, 6) is 1.21. The molecule has 0 spiro atoms. The van der Waals surface area contributed by atoms with Crippen LogP contribution in [0.3, 0.4) is 0 Å². The van der Waals surface area contributed by atoms with Crippen molar-refractivity contribution in [1.82, 2.24) is 10.2 Å². The molecule has 1 aromatic carbocycles. The molecule has 110 valence electrons. The molecule has 1 aliphatic heterocycles. The first-order chi connectivity index (χ1) is 9.56. The smallest absolute Gasteiger partial charge is 0.234 e. The minimum Gasteiger partial charge on any atom is -0.352 e. The van der Waals surface area contributed by atoms with Crippen LogP contribution in [0.1, 0.15) is 38.7 Å². The highest BCUT2D eigenvalue weighted by atomic mass is 16.2. The van der Waals surface area contributed by atoms with Gasteiger partial charge in [0.25, 0.3) is 0 Å². The first kappa shape index (κ1) is 15.0. The Morgan fingerprint density at radius 3 is 2.65 bits per heavy atom. The van der Waals surface area contributed by atoms with E-state index in [-0.39, 0.29) is 11.9 Å². The van der Waals surface area contributed by atoms with Crippen LogP contribution in [-0.4, -0.2) is 36.5 Å². The predicted molar refractivity (Wildman–Crippen MR) is 82.7 cm³/mol. The van der Waals surface area contributed by atoms with Crippen molar-refractivity contribution in [2.75, 3.05) is 19.6 Å². The molecule has 1 amide bonds. The minimum absolute atomic E-state index is 0.153. The molecule has 0 unspecified atom stereocenters. The van der Waals surface area contributed by atoms with E-state index in [9.17, 15) is 4.79 Å². The fraction of sp³-hybridized carbons (Fsp3) is 0.588. The Morgan fingerprint density at radius 2 is 2.00 bits per heavy atom. The number of carbonyl (C=O) groups excluding carboxylic acids is 1. The maximum absolute atomic E-state index is 12.0. The lowest BCUT2D eigenvalue weighted by Crippen LogP contribution is -2.42. The summed E-state index contributed by atoms with van der Waals surface area (Å²) in [4.78, 5) is 14.3. The zero-order valence-corrected chi connectivity index (χ0v) is 12.8. The second-order valence-corrected chi connectivity index (χ2v) is 6.23. The van der Waals surface area contributed by atoms with Crippen LogP contribution >= 0.6 is 0 Å². The number of benzene rings is 1. The van der Waals surface area contributed by atoms with E-state index in [0.717, 1.165) is 19.5 Å². The third kappa shape index (κ3) is 4.07. The van der Waals surface area contributed by atoms with Crippen LogP contribution < -0.4 is 5.32 Å². The molecule has 20 heavy (non-hydrogen) atoms. The molecule has 1 heterocycles. The predicted octanol–water partition coefficient (Wildman–Crippen LogP) is 2.64. The Bertz CT molecular complexity index is 430. The number of hydrogen-bond donors (Lipinski definition) is 1. The highest BCUT2D eigenvalue weighted by Gasteiger charge is 2.25. The molecule has 0 bridgehead atoms. The molecule has 2 atom stereocenters. The number of nitrogens with zero attached hydrogens (tertiary/aromatic N) is 1. The van der Waals surface area contributed by atoms with Crippen molar-refractivity contribution in [1.29, 1.82) is 0 Å². The number of amides is 1. The van der Waals surface area contributed by atoms with E-state index in [1.54, 1.807) is 0 Å². The fourth-order valence-electron chi connectivity index (χ4n) is 2.64. The summed E-state index contributed by atoms with van der Waals surface area (Å²) >= 11 is 0. The standard InChI is InChI=1S/C17H26N2O/c1-13(2)14(3)18-17(20)12-19-10-9-16(11-19)15-7-5-4-6-8-15/h4-8,13-14,16H,9-12H2,1-3H3,(H,18,20)/t14-,16-/m0/s1. The third-order valence-corrected chi connectivity index (χ3v) is 4.30.